The third-order valence-electron chi connectivity index (χ3n) is 1.59. The normalized spacial score (nSPS) is 10.5. The minimum absolute atomic E-state index is 0.0260. The van der Waals surface area contributed by atoms with Crippen LogP contribution in [0, 0.1) is 6.92 Å². The number of aryl methyl sites for hydroxylation is 1. The molecule has 68 valence electrons. The van der Waals surface area contributed by atoms with E-state index in [0.29, 0.717) is 11.5 Å². The lowest BCUT2D eigenvalue weighted by Crippen LogP contribution is -1.92. The van der Waals surface area contributed by atoms with Crippen molar-refractivity contribution in [1.29, 1.82) is 0 Å². The van der Waals surface area contributed by atoms with Gasteiger partial charge >= 0.3 is 5.76 Å². The maximum absolute atomic E-state index is 10.7. The van der Waals surface area contributed by atoms with Crippen molar-refractivity contribution in [3.63, 3.8) is 0 Å². The van der Waals surface area contributed by atoms with Crippen LogP contribution < -0.4 is 5.76 Å². The molecule has 0 aliphatic heterocycles. The number of aromatic nitrogens is 1. The lowest BCUT2D eigenvalue weighted by Gasteiger charge is -1.88. The Morgan fingerprint density at radius 2 is 2.15 bits per heavy atom. The number of oxazole rings is 1. The van der Waals surface area contributed by atoms with Gasteiger partial charge in [0.05, 0.1) is 0 Å². The van der Waals surface area contributed by atoms with E-state index < -0.39 is 5.76 Å². The first-order valence-electron chi connectivity index (χ1n) is 3.65. The number of hydrogen-bond donors (Lipinski definition) is 2. The van der Waals surface area contributed by atoms with Gasteiger partial charge in [0.1, 0.15) is 5.76 Å². The molecule has 13 heavy (non-hydrogen) atoms. The predicted octanol–water partition coefficient (Wildman–Crippen LogP) is 1.24. The Kier molecular flexibility index (Phi) is 1.51. The molecule has 0 aliphatic rings. The quantitative estimate of drug-likeness (QED) is 0.693. The van der Waals surface area contributed by atoms with Gasteiger partial charge in [0, 0.05) is 0 Å². The van der Waals surface area contributed by atoms with Crippen LogP contribution in [0.2, 0.25) is 0 Å². The Bertz CT molecular complexity index is 476. The van der Waals surface area contributed by atoms with E-state index in [4.69, 9.17) is 4.42 Å². The summed E-state index contributed by atoms with van der Waals surface area (Å²) in [4.78, 5) is 12.8. The van der Waals surface area contributed by atoms with Crippen molar-refractivity contribution in [2.45, 2.75) is 6.92 Å². The molecule has 0 saturated carbocycles. The van der Waals surface area contributed by atoms with Gasteiger partial charge < -0.3 is 13.9 Å². The highest BCUT2D eigenvalue weighted by Gasteiger charge is 2.14. The van der Waals surface area contributed by atoms with Gasteiger partial charge in [-0.05, 0) is 19.1 Å². The summed E-state index contributed by atoms with van der Waals surface area (Å²) >= 11 is 0. The minimum atomic E-state index is -0.707. The largest absolute Gasteiger partial charge is 0.492 e. The molecule has 0 unspecified atom stereocenters. The van der Waals surface area contributed by atoms with E-state index in [2.05, 4.69) is 9.40 Å². The van der Waals surface area contributed by atoms with Gasteiger partial charge in [-0.3, -0.25) is 4.98 Å². The van der Waals surface area contributed by atoms with Crippen molar-refractivity contribution in [3.8, 4) is 17.4 Å². The maximum Gasteiger partial charge on any atom is 0.419 e. The minimum Gasteiger partial charge on any atom is -0.492 e. The van der Waals surface area contributed by atoms with Crippen molar-refractivity contribution in [3.05, 3.63) is 28.4 Å². The highest BCUT2D eigenvalue weighted by atomic mass is 16.4. The third kappa shape index (κ3) is 1.24. The molecule has 5 heteroatoms. The van der Waals surface area contributed by atoms with Gasteiger partial charge in [0.2, 0.25) is 11.6 Å². The Morgan fingerprint density at radius 1 is 1.38 bits per heavy atom. The Labute approximate surface area is 72.6 Å². The lowest BCUT2D eigenvalue weighted by atomic mass is 10.3. The van der Waals surface area contributed by atoms with E-state index in [-0.39, 0.29) is 11.6 Å². The van der Waals surface area contributed by atoms with Crippen LogP contribution in [-0.2, 0) is 0 Å². The van der Waals surface area contributed by atoms with Gasteiger partial charge in [0.25, 0.3) is 0 Å². The molecule has 0 aliphatic carbocycles. The first-order chi connectivity index (χ1) is 6.16. The van der Waals surface area contributed by atoms with Crippen LogP contribution >= 0.6 is 0 Å². The average molecular weight is 181 g/mol. The molecule has 0 spiro atoms. The summed E-state index contributed by atoms with van der Waals surface area (Å²) < 4.78 is 9.81. The highest BCUT2D eigenvalue weighted by molar-refractivity contribution is 5.55. The number of furan rings is 1. The molecular weight excluding hydrogens is 174 g/mol. The molecule has 0 bridgehead atoms. The van der Waals surface area contributed by atoms with Gasteiger partial charge in [-0.1, -0.05) is 0 Å². The summed E-state index contributed by atoms with van der Waals surface area (Å²) in [6.07, 6.45) is 0. The van der Waals surface area contributed by atoms with Crippen LogP contribution in [0.5, 0.6) is 5.88 Å². The molecule has 5 nitrogen and oxygen atoms in total. The molecule has 0 radical (unpaired) electrons. The molecule has 0 fully saturated rings. The van der Waals surface area contributed by atoms with E-state index in [1.807, 2.05) is 0 Å². The molecule has 2 aromatic heterocycles. The van der Waals surface area contributed by atoms with Crippen molar-refractivity contribution in [1.82, 2.24) is 4.98 Å². The molecule has 0 aromatic carbocycles. The molecule has 0 saturated heterocycles. The Balaban J connectivity index is 2.58. The van der Waals surface area contributed by atoms with Crippen LogP contribution in [0.3, 0.4) is 0 Å². The zero-order valence-electron chi connectivity index (χ0n) is 6.83. The molecule has 2 rings (SSSR count). The summed E-state index contributed by atoms with van der Waals surface area (Å²) in [6, 6.07) is 3.32. The van der Waals surface area contributed by atoms with E-state index in [9.17, 15) is 9.90 Å². The monoisotopic (exact) mass is 181 g/mol. The fraction of sp³-hybridized carbons (Fsp3) is 0.125. The second kappa shape index (κ2) is 2.55. The third-order valence-corrected chi connectivity index (χ3v) is 1.59. The van der Waals surface area contributed by atoms with Crippen LogP contribution in [-0.4, -0.2) is 10.1 Å². The number of aromatic hydroxyl groups is 1. The van der Waals surface area contributed by atoms with Crippen molar-refractivity contribution in [2.75, 3.05) is 0 Å². The molecule has 2 N–H and O–H groups in total. The van der Waals surface area contributed by atoms with Crippen LogP contribution in [0.15, 0.2) is 25.8 Å². The topological polar surface area (TPSA) is 79.4 Å². The number of nitrogens with one attached hydrogen (secondary N) is 1. The summed E-state index contributed by atoms with van der Waals surface area (Å²) in [7, 11) is 0. The first kappa shape index (κ1) is 7.72. The van der Waals surface area contributed by atoms with Crippen LogP contribution in [0.1, 0.15) is 5.76 Å². The number of aromatic amines is 1. The maximum atomic E-state index is 10.7. The fourth-order valence-electron chi connectivity index (χ4n) is 1.04. The van der Waals surface area contributed by atoms with E-state index in [1.54, 1.807) is 19.1 Å². The predicted molar refractivity (Wildman–Crippen MR) is 43.4 cm³/mol. The van der Waals surface area contributed by atoms with Gasteiger partial charge in [-0.15, -0.1) is 0 Å². The number of hydrogen-bond acceptors (Lipinski definition) is 4. The molecule has 0 amide bonds. The SMILES string of the molecule is Cc1ccc(-c2oc(=O)[nH]c2O)o1. The van der Waals surface area contributed by atoms with Crippen LogP contribution in [0.25, 0.3) is 11.5 Å². The zero-order chi connectivity index (χ0) is 9.42. The fourth-order valence-corrected chi connectivity index (χ4v) is 1.04. The Morgan fingerprint density at radius 3 is 2.62 bits per heavy atom. The second-order valence-corrected chi connectivity index (χ2v) is 2.60. The van der Waals surface area contributed by atoms with Gasteiger partial charge in [0.15, 0.2) is 5.76 Å². The molecule has 2 heterocycles. The van der Waals surface area contributed by atoms with E-state index >= 15 is 0 Å². The molecule has 0 atom stereocenters. The van der Waals surface area contributed by atoms with Gasteiger partial charge in [-0.25, -0.2) is 4.79 Å². The van der Waals surface area contributed by atoms with Crippen LogP contribution in [0.4, 0.5) is 0 Å². The molecule has 2 aromatic rings. The summed E-state index contributed by atoms with van der Waals surface area (Å²) in [6.45, 7) is 1.76. The summed E-state index contributed by atoms with van der Waals surface area (Å²) in [5.41, 5.74) is 0. The average Bonchev–Trinajstić information content (AvgIpc) is 2.58. The second-order valence-electron chi connectivity index (χ2n) is 2.60. The lowest BCUT2D eigenvalue weighted by molar-refractivity contribution is 0.442. The van der Waals surface area contributed by atoms with E-state index in [1.165, 1.54) is 0 Å². The standard InChI is InChI=1S/C8H7NO4/c1-4-2-3-5(12-4)6-7(10)9-8(11)13-6/h2-3,10H,1H3,(H,9,11). The number of H-pyrrole nitrogens is 1. The highest BCUT2D eigenvalue weighted by Crippen LogP contribution is 2.27. The van der Waals surface area contributed by atoms with E-state index in [0.717, 1.165) is 0 Å². The zero-order valence-corrected chi connectivity index (χ0v) is 6.83. The van der Waals surface area contributed by atoms with Crippen molar-refractivity contribution < 1.29 is 13.9 Å². The van der Waals surface area contributed by atoms with Gasteiger partial charge in [-0.2, -0.15) is 0 Å². The smallest absolute Gasteiger partial charge is 0.419 e. The molecular formula is C8H7NO4. The van der Waals surface area contributed by atoms with Crippen molar-refractivity contribution in [2.24, 2.45) is 0 Å². The summed E-state index contributed by atoms with van der Waals surface area (Å²) in [5, 5.41) is 9.18. The Hall–Kier alpha value is -1.91. The summed E-state index contributed by atoms with van der Waals surface area (Å²) in [5.74, 6) is 0.00519. The van der Waals surface area contributed by atoms with Crippen molar-refractivity contribution >= 4 is 0 Å². The number of rotatable bonds is 1. The first-order valence-corrected chi connectivity index (χ1v) is 3.65.